The van der Waals surface area contributed by atoms with Crippen molar-refractivity contribution in [3.63, 3.8) is 0 Å². The smallest absolute Gasteiger partial charge is 0.339 e. The van der Waals surface area contributed by atoms with Crippen LogP contribution in [0.3, 0.4) is 0 Å². The summed E-state index contributed by atoms with van der Waals surface area (Å²) in [7, 11) is 1.31. The van der Waals surface area contributed by atoms with Crippen LogP contribution in [-0.2, 0) is 9.53 Å². The molecule has 122 valence electrons. The molecule has 1 aliphatic carbocycles. The summed E-state index contributed by atoms with van der Waals surface area (Å²) in [6.07, 6.45) is 1.92. The fraction of sp³-hybridized carbons (Fsp3) is 0.471. The number of ether oxygens (including phenoxy) is 1. The quantitative estimate of drug-likeness (QED) is 0.784. The Hall–Kier alpha value is -2.55. The van der Waals surface area contributed by atoms with Crippen molar-refractivity contribution in [2.75, 3.05) is 19.0 Å². The molecule has 0 saturated heterocycles. The van der Waals surface area contributed by atoms with Gasteiger partial charge in [-0.25, -0.2) is 4.79 Å². The molecule has 0 aromatic heterocycles. The number of benzene rings is 1. The zero-order valence-electron chi connectivity index (χ0n) is 13.6. The van der Waals surface area contributed by atoms with Crippen molar-refractivity contribution < 1.29 is 14.3 Å². The second-order valence-electron chi connectivity index (χ2n) is 6.03. The molecule has 1 fully saturated rings. The summed E-state index contributed by atoms with van der Waals surface area (Å²) in [6.45, 7) is 3.60. The summed E-state index contributed by atoms with van der Waals surface area (Å²) in [5, 5.41) is 15.0. The van der Waals surface area contributed by atoms with Gasteiger partial charge >= 0.3 is 5.97 Å². The second kappa shape index (κ2) is 6.69. The molecule has 2 rings (SSSR count). The summed E-state index contributed by atoms with van der Waals surface area (Å²) in [6, 6.07) is 7.46. The number of nitrogens with one attached hydrogen (secondary N) is 2. The zero-order valence-corrected chi connectivity index (χ0v) is 13.6. The highest BCUT2D eigenvalue weighted by Gasteiger charge is 2.42. The maximum absolute atomic E-state index is 12.1. The Labute approximate surface area is 135 Å². The summed E-state index contributed by atoms with van der Waals surface area (Å²) in [5.74, 6) is -0.518. The van der Waals surface area contributed by atoms with E-state index in [1.807, 2.05) is 13.0 Å². The molecule has 0 aliphatic heterocycles. The van der Waals surface area contributed by atoms with Gasteiger partial charge in [-0.1, -0.05) is 11.6 Å². The van der Waals surface area contributed by atoms with Gasteiger partial charge in [0.15, 0.2) is 0 Å². The van der Waals surface area contributed by atoms with E-state index in [1.54, 1.807) is 19.1 Å². The first-order valence-corrected chi connectivity index (χ1v) is 7.54. The summed E-state index contributed by atoms with van der Waals surface area (Å²) < 4.78 is 4.75. The van der Waals surface area contributed by atoms with Gasteiger partial charge in [0, 0.05) is 5.69 Å². The van der Waals surface area contributed by atoms with Crippen molar-refractivity contribution in [3.8, 4) is 6.07 Å². The minimum Gasteiger partial charge on any atom is -0.465 e. The molecule has 1 aromatic rings. The molecule has 2 N–H and O–H groups in total. The molecule has 0 radical (unpaired) electrons. The number of esters is 1. The first kappa shape index (κ1) is 16.8. The molecule has 23 heavy (non-hydrogen) atoms. The van der Waals surface area contributed by atoms with Crippen LogP contribution in [0.15, 0.2) is 18.2 Å². The Bertz CT molecular complexity index is 662. The summed E-state index contributed by atoms with van der Waals surface area (Å²) in [5.41, 5.74) is 1.01. The lowest BCUT2D eigenvalue weighted by molar-refractivity contribution is -0.120. The molecular formula is C17H21N3O3. The number of amides is 1. The lowest BCUT2D eigenvalue weighted by atomic mass is 9.98. The monoisotopic (exact) mass is 315 g/mol. The van der Waals surface area contributed by atoms with Gasteiger partial charge in [-0.3, -0.25) is 4.79 Å². The van der Waals surface area contributed by atoms with Gasteiger partial charge in [0.05, 0.1) is 25.3 Å². The Balaban J connectivity index is 2.02. The fourth-order valence-electron chi connectivity index (χ4n) is 2.48. The highest BCUT2D eigenvalue weighted by Crippen LogP contribution is 2.39. The van der Waals surface area contributed by atoms with Crippen LogP contribution in [0, 0.1) is 24.2 Å². The van der Waals surface area contributed by atoms with Crippen LogP contribution in [0.4, 0.5) is 5.69 Å². The van der Waals surface area contributed by atoms with Gasteiger partial charge in [0.25, 0.3) is 0 Å². The highest BCUT2D eigenvalue weighted by molar-refractivity contribution is 5.96. The number of methoxy groups -OCH3 is 1. The van der Waals surface area contributed by atoms with Crippen molar-refractivity contribution in [1.29, 1.82) is 5.26 Å². The van der Waals surface area contributed by atoms with Gasteiger partial charge in [0.1, 0.15) is 5.54 Å². The highest BCUT2D eigenvalue weighted by atomic mass is 16.5. The maximum Gasteiger partial charge on any atom is 0.339 e. The van der Waals surface area contributed by atoms with E-state index in [0.29, 0.717) is 11.3 Å². The van der Waals surface area contributed by atoms with Crippen LogP contribution in [0.5, 0.6) is 0 Å². The zero-order chi connectivity index (χ0) is 17.0. The predicted molar refractivity (Wildman–Crippen MR) is 85.9 cm³/mol. The van der Waals surface area contributed by atoms with Crippen LogP contribution >= 0.6 is 0 Å². The van der Waals surface area contributed by atoms with Crippen molar-refractivity contribution in [2.24, 2.45) is 5.92 Å². The van der Waals surface area contributed by atoms with Crippen LogP contribution < -0.4 is 10.6 Å². The number of hydrogen-bond donors (Lipinski definition) is 2. The van der Waals surface area contributed by atoms with E-state index in [2.05, 4.69) is 16.7 Å². The summed E-state index contributed by atoms with van der Waals surface area (Å²) >= 11 is 0. The van der Waals surface area contributed by atoms with E-state index in [0.717, 1.165) is 18.4 Å². The number of nitriles is 1. The Morgan fingerprint density at radius 2 is 2.13 bits per heavy atom. The van der Waals surface area contributed by atoms with E-state index in [-0.39, 0.29) is 18.4 Å². The van der Waals surface area contributed by atoms with Crippen molar-refractivity contribution >= 4 is 17.6 Å². The second-order valence-corrected chi connectivity index (χ2v) is 6.03. The average molecular weight is 315 g/mol. The lowest BCUT2D eigenvalue weighted by Crippen LogP contribution is -2.48. The number of nitrogens with zero attached hydrogens (tertiary/aromatic N) is 1. The fourth-order valence-corrected chi connectivity index (χ4v) is 2.48. The predicted octanol–water partition coefficient (Wildman–Crippen LogP) is 2.00. The third-order valence-electron chi connectivity index (χ3n) is 4.04. The third kappa shape index (κ3) is 4.01. The van der Waals surface area contributed by atoms with E-state index < -0.39 is 11.5 Å². The SMILES string of the molecule is COC(=O)c1cc(C)ccc1NCC(=O)N[C@@](C)(C#N)C1CC1. The molecule has 1 aromatic carbocycles. The van der Waals surface area contributed by atoms with E-state index >= 15 is 0 Å². The van der Waals surface area contributed by atoms with Gasteiger partial charge in [0.2, 0.25) is 5.91 Å². The number of aryl methyl sites for hydroxylation is 1. The van der Waals surface area contributed by atoms with Crippen LogP contribution in [0.1, 0.15) is 35.7 Å². The Morgan fingerprint density at radius 1 is 1.43 bits per heavy atom. The molecule has 1 amide bonds. The molecule has 0 bridgehead atoms. The molecule has 0 spiro atoms. The van der Waals surface area contributed by atoms with E-state index in [1.165, 1.54) is 7.11 Å². The molecule has 6 nitrogen and oxygen atoms in total. The van der Waals surface area contributed by atoms with Crippen molar-refractivity contribution in [3.05, 3.63) is 29.3 Å². The Kier molecular flexibility index (Phi) is 4.89. The van der Waals surface area contributed by atoms with Gasteiger partial charge < -0.3 is 15.4 Å². The largest absolute Gasteiger partial charge is 0.465 e. The number of anilines is 1. The first-order valence-electron chi connectivity index (χ1n) is 7.54. The van der Waals surface area contributed by atoms with Crippen LogP contribution in [-0.4, -0.2) is 31.1 Å². The van der Waals surface area contributed by atoms with Gasteiger partial charge in [-0.15, -0.1) is 0 Å². The number of hydrogen-bond acceptors (Lipinski definition) is 5. The average Bonchev–Trinajstić information content (AvgIpc) is 3.38. The van der Waals surface area contributed by atoms with Gasteiger partial charge in [-0.05, 0) is 44.7 Å². The number of rotatable bonds is 6. The molecule has 6 heteroatoms. The first-order chi connectivity index (χ1) is 10.9. The van der Waals surface area contributed by atoms with Crippen LogP contribution in [0.25, 0.3) is 0 Å². The standard InChI is InChI=1S/C17H21N3O3/c1-11-4-7-14(13(8-11)16(22)23-3)19-9-15(21)20-17(2,10-18)12-5-6-12/h4,7-8,12,19H,5-6,9H2,1-3H3,(H,20,21)/t17-/m0/s1. The molecule has 0 heterocycles. The molecule has 1 aliphatic rings. The van der Waals surface area contributed by atoms with Gasteiger partial charge in [-0.2, -0.15) is 5.26 Å². The molecular weight excluding hydrogens is 294 g/mol. The topological polar surface area (TPSA) is 91.2 Å². The minimum atomic E-state index is -0.822. The normalized spacial score (nSPS) is 15.9. The molecule has 1 saturated carbocycles. The maximum atomic E-state index is 12.1. The van der Waals surface area contributed by atoms with Crippen molar-refractivity contribution in [2.45, 2.75) is 32.2 Å². The molecule has 0 unspecified atom stereocenters. The number of carbonyl (C=O) groups excluding carboxylic acids is 2. The molecule has 1 atom stereocenters. The lowest BCUT2D eigenvalue weighted by Gasteiger charge is -2.23. The number of carbonyl (C=O) groups is 2. The van der Waals surface area contributed by atoms with Crippen molar-refractivity contribution in [1.82, 2.24) is 5.32 Å². The van der Waals surface area contributed by atoms with E-state index in [9.17, 15) is 14.9 Å². The van der Waals surface area contributed by atoms with E-state index in [4.69, 9.17) is 4.74 Å². The third-order valence-corrected chi connectivity index (χ3v) is 4.04. The minimum absolute atomic E-state index is 0.0168. The summed E-state index contributed by atoms with van der Waals surface area (Å²) in [4.78, 5) is 23.9. The Morgan fingerprint density at radius 3 is 2.70 bits per heavy atom. The van der Waals surface area contributed by atoms with Crippen LogP contribution in [0.2, 0.25) is 0 Å².